The Morgan fingerprint density at radius 3 is 2.90 bits per heavy atom. The number of halogens is 1. The SMILES string of the molecule is COC(=O)c1cc(Cl)c(N)c(NCCn2ccnc2C)c1. The highest BCUT2D eigenvalue weighted by molar-refractivity contribution is 6.34. The number of hydrogen-bond acceptors (Lipinski definition) is 5. The molecule has 0 radical (unpaired) electrons. The summed E-state index contributed by atoms with van der Waals surface area (Å²) in [5.41, 5.74) is 7.30. The summed E-state index contributed by atoms with van der Waals surface area (Å²) in [7, 11) is 1.32. The molecule has 21 heavy (non-hydrogen) atoms. The molecular formula is C14H17ClN4O2. The number of nitrogen functional groups attached to an aromatic ring is 1. The number of methoxy groups -OCH3 is 1. The van der Waals surface area contributed by atoms with Gasteiger partial charge in [0.2, 0.25) is 0 Å². The van der Waals surface area contributed by atoms with E-state index in [-0.39, 0.29) is 0 Å². The molecule has 0 aliphatic heterocycles. The van der Waals surface area contributed by atoms with Gasteiger partial charge in [0, 0.05) is 25.5 Å². The molecule has 3 N–H and O–H groups in total. The topological polar surface area (TPSA) is 82.2 Å². The van der Waals surface area contributed by atoms with Crippen LogP contribution in [0.5, 0.6) is 0 Å². The van der Waals surface area contributed by atoms with E-state index in [1.807, 2.05) is 17.7 Å². The normalized spacial score (nSPS) is 10.4. The number of carbonyl (C=O) groups excluding carboxylic acids is 1. The van der Waals surface area contributed by atoms with Crippen LogP contribution >= 0.6 is 11.6 Å². The lowest BCUT2D eigenvalue weighted by Gasteiger charge is -2.13. The van der Waals surface area contributed by atoms with Gasteiger partial charge in [0.15, 0.2) is 0 Å². The largest absolute Gasteiger partial charge is 0.465 e. The molecule has 0 fully saturated rings. The van der Waals surface area contributed by atoms with Gasteiger partial charge in [-0.3, -0.25) is 0 Å². The summed E-state index contributed by atoms with van der Waals surface area (Å²) in [4.78, 5) is 15.7. The minimum atomic E-state index is -0.453. The Kier molecular flexibility index (Phi) is 4.70. The highest BCUT2D eigenvalue weighted by Crippen LogP contribution is 2.29. The average Bonchev–Trinajstić information content (AvgIpc) is 2.88. The lowest BCUT2D eigenvalue weighted by atomic mass is 10.1. The molecule has 0 saturated heterocycles. The van der Waals surface area contributed by atoms with Crippen LogP contribution in [0.4, 0.5) is 11.4 Å². The van der Waals surface area contributed by atoms with Gasteiger partial charge < -0.3 is 20.4 Å². The standard InChI is InChI=1S/C14H17ClN4O2/c1-9-17-3-5-19(9)6-4-18-12-8-10(14(20)21-2)7-11(15)13(12)16/h3,5,7-8,18H,4,6,16H2,1-2H3. The zero-order chi connectivity index (χ0) is 15.4. The fraction of sp³-hybridized carbons (Fsp3) is 0.286. The van der Waals surface area contributed by atoms with Gasteiger partial charge >= 0.3 is 5.97 Å². The molecule has 1 aromatic carbocycles. The van der Waals surface area contributed by atoms with Crippen molar-refractivity contribution in [2.75, 3.05) is 24.7 Å². The smallest absolute Gasteiger partial charge is 0.337 e. The van der Waals surface area contributed by atoms with Crippen LogP contribution in [0.15, 0.2) is 24.5 Å². The molecule has 7 heteroatoms. The zero-order valence-electron chi connectivity index (χ0n) is 11.9. The van der Waals surface area contributed by atoms with Gasteiger partial charge in [0.05, 0.1) is 29.1 Å². The van der Waals surface area contributed by atoms with Gasteiger partial charge in [-0.1, -0.05) is 11.6 Å². The molecular weight excluding hydrogens is 292 g/mol. The first-order valence-electron chi connectivity index (χ1n) is 6.42. The van der Waals surface area contributed by atoms with Crippen molar-refractivity contribution in [3.05, 3.63) is 40.9 Å². The molecule has 0 amide bonds. The maximum Gasteiger partial charge on any atom is 0.337 e. The van der Waals surface area contributed by atoms with E-state index in [9.17, 15) is 4.79 Å². The van der Waals surface area contributed by atoms with Crippen molar-refractivity contribution >= 4 is 28.9 Å². The number of hydrogen-bond donors (Lipinski definition) is 2. The van der Waals surface area contributed by atoms with Gasteiger partial charge in [-0.2, -0.15) is 0 Å². The van der Waals surface area contributed by atoms with E-state index in [1.165, 1.54) is 13.2 Å². The third kappa shape index (κ3) is 3.46. The number of esters is 1. The molecule has 1 heterocycles. The van der Waals surface area contributed by atoms with Gasteiger partial charge in [-0.15, -0.1) is 0 Å². The van der Waals surface area contributed by atoms with Gasteiger partial charge in [0.25, 0.3) is 0 Å². The van der Waals surface area contributed by atoms with Gasteiger partial charge in [-0.25, -0.2) is 9.78 Å². The van der Waals surface area contributed by atoms with Crippen LogP contribution < -0.4 is 11.1 Å². The first-order valence-corrected chi connectivity index (χ1v) is 6.79. The summed E-state index contributed by atoms with van der Waals surface area (Å²) >= 11 is 6.04. The Labute approximate surface area is 127 Å². The maximum atomic E-state index is 11.6. The van der Waals surface area contributed by atoms with Crippen molar-refractivity contribution in [1.29, 1.82) is 0 Å². The Morgan fingerprint density at radius 1 is 1.52 bits per heavy atom. The lowest BCUT2D eigenvalue weighted by molar-refractivity contribution is 0.0601. The average molecular weight is 309 g/mol. The number of nitrogens with one attached hydrogen (secondary N) is 1. The number of nitrogens with two attached hydrogens (primary N) is 1. The predicted octanol–water partition coefficient (Wildman–Crippen LogP) is 2.33. The summed E-state index contributed by atoms with van der Waals surface area (Å²) in [6.07, 6.45) is 3.65. The van der Waals surface area contributed by atoms with E-state index in [2.05, 4.69) is 15.0 Å². The number of carbonyl (C=O) groups is 1. The predicted molar refractivity (Wildman–Crippen MR) is 82.7 cm³/mol. The summed E-state index contributed by atoms with van der Waals surface area (Å²) in [5, 5.41) is 3.49. The highest BCUT2D eigenvalue weighted by atomic mass is 35.5. The fourth-order valence-corrected chi connectivity index (χ4v) is 2.17. The van der Waals surface area contributed by atoms with Gasteiger partial charge in [-0.05, 0) is 19.1 Å². The van der Waals surface area contributed by atoms with Crippen LogP contribution in [0.25, 0.3) is 0 Å². The van der Waals surface area contributed by atoms with Crippen LogP contribution in [0.3, 0.4) is 0 Å². The Balaban J connectivity index is 2.10. The van der Waals surface area contributed by atoms with Crippen molar-refractivity contribution < 1.29 is 9.53 Å². The van der Waals surface area contributed by atoms with E-state index >= 15 is 0 Å². The van der Waals surface area contributed by atoms with E-state index in [0.29, 0.717) is 28.5 Å². The van der Waals surface area contributed by atoms with Crippen LogP contribution in [0, 0.1) is 6.92 Å². The maximum absolute atomic E-state index is 11.6. The molecule has 0 bridgehead atoms. The number of aryl methyl sites for hydroxylation is 1. The quantitative estimate of drug-likeness (QED) is 0.654. The molecule has 2 aromatic rings. The minimum absolute atomic E-state index is 0.319. The number of benzene rings is 1. The molecule has 6 nitrogen and oxygen atoms in total. The summed E-state index contributed by atoms with van der Waals surface area (Å²) in [6.45, 7) is 3.29. The fourth-order valence-electron chi connectivity index (χ4n) is 1.95. The molecule has 1 aromatic heterocycles. The van der Waals surface area contributed by atoms with Crippen molar-refractivity contribution in [2.24, 2.45) is 0 Å². The second-order valence-corrected chi connectivity index (χ2v) is 4.91. The van der Waals surface area contributed by atoms with Crippen molar-refractivity contribution in [1.82, 2.24) is 9.55 Å². The van der Waals surface area contributed by atoms with E-state index in [0.717, 1.165) is 12.4 Å². The van der Waals surface area contributed by atoms with E-state index in [1.54, 1.807) is 12.3 Å². The summed E-state index contributed by atoms with van der Waals surface area (Å²) in [5.74, 6) is 0.483. The van der Waals surface area contributed by atoms with Crippen LogP contribution in [-0.2, 0) is 11.3 Å². The third-order valence-corrected chi connectivity index (χ3v) is 3.46. The Morgan fingerprint density at radius 2 is 2.29 bits per heavy atom. The van der Waals surface area contributed by atoms with E-state index < -0.39 is 5.97 Å². The Bertz CT molecular complexity index is 654. The number of anilines is 2. The monoisotopic (exact) mass is 308 g/mol. The molecule has 0 unspecified atom stereocenters. The molecule has 2 rings (SSSR count). The van der Waals surface area contributed by atoms with Crippen LogP contribution in [0.1, 0.15) is 16.2 Å². The first kappa shape index (κ1) is 15.2. The number of nitrogens with zero attached hydrogens (tertiary/aromatic N) is 2. The summed E-state index contributed by atoms with van der Waals surface area (Å²) < 4.78 is 6.70. The minimum Gasteiger partial charge on any atom is -0.465 e. The molecule has 0 aliphatic rings. The number of imidazole rings is 1. The Hall–Kier alpha value is -2.21. The molecule has 0 saturated carbocycles. The second-order valence-electron chi connectivity index (χ2n) is 4.51. The van der Waals surface area contributed by atoms with Crippen LogP contribution in [-0.4, -0.2) is 29.2 Å². The number of rotatable bonds is 5. The second kappa shape index (κ2) is 6.49. The van der Waals surface area contributed by atoms with Crippen molar-refractivity contribution in [2.45, 2.75) is 13.5 Å². The zero-order valence-corrected chi connectivity index (χ0v) is 12.6. The third-order valence-electron chi connectivity index (χ3n) is 3.14. The van der Waals surface area contributed by atoms with Crippen molar-refractivity contribution in [3.63, 3.8) is 0 Å². The molecule has 0 atom stereocenters. The number of ether oxygens (including phenoxy) is 1. The van der Waals surface area contributed by atoms with E-state index in [4.69, 9.17) is 17.3 Å². The van der Waals surface area contributed by atoms with Crippen molar-refractivity contribution in [3.8, 4) is 0 Å². The highest BCUT2D eigenvalue weighted by Gasteiger charge is 2.12. The lowest BCUT2D eigenvalue weighted by Crippen LogP contribution is -2.13. The molecule has 112 valence electrons. The van der Waals surface area contributed by atoms with Gasteiger partial charge in [0.1, 0.15) is 5.82 Å². The number of aromatic nitrogens is 2. The van der Waals surface area contributed by atoms with Crippen LogP contribution in [0.2, 0.25) is 5.02 Å². The summed E-state index contributed by atoms with van der Waals surface area (Å²) in [6, 6.07) is 3.13. The molecule has 0 spiro atoms. The first-order chi connectivity index (χ1) is 10.0. The molecule has 0 aliphatic carbocycles.